The Morgan fingerprint density at radius 3 is 1.39 bits per heavy atom. The van der Waals surface area contributed by atoms with Gasteiger partial charge in [0.05, 0.1) is 18.2 Å². The molecule has 0 N–H and O–H groups in total. The van der Waals surface area contributed by atoms with Gasteiger partial charge in [-0.15, -0.1) is 0 Å². The lowest BCUT2D eigenvalue weighted by molar-refractivity contribution is -0.121. The van der Waals surface area contributed by atoms with Crippen LogP contribution in [0.5, 0.6) is 0 Å². The van der Waals surface area contributed by atoms with Gasteiger partial charge < -0.3 is 0 Å². The summed E-state index contributed by atoms with van der Waals surface area (Å²) in [7, 11) is -2.83. The summed E-state index contributed by atoms with van der Waals surface area (Å²) < 4.78 is 5.07. The number of nitrogens with zero attached hydrogens (tertiary/aromatic N) is 2. The normalized spacial score (nSPS) is 13.9. The van der Waals surface area contributed by atoms with Crippen molar-refractivity contribution in [3.8, 4) is 0 Å². The minimum absolute atomic E-state index is 0.0568. The molecule has 5 nitrogen and oxygen atoms in total. The van der Waals surface area contributed by atoms with Crippen LogP contribution in [0.1, 0.15) is 41.0 Å². The van der Waals surface area contributed by atoms with E-state index in [-0.39, 0.29) is 5.92 Å². The number of hydrogen-bond acceptors (Lipinski definition) is 3. The first-order chi connectivity index (χ1) is 18.4. The van der Waals surface area contributed by atoms with E-state index in [1.807, 2.05) is 105 Å². The number of imide groups is 1. The molecule has 1 aliphatic rings. The van der Waals surface area contributed by atoms with E-state index in [1.54, 1.807) is 24.3 Å². The molecule has 0 bridgehead atoms. The molecular formula is C32H29N2O3P. The van der Waals surface area contributed by atoms with E-state index in [2.05, 4.69) is 0 Å². The van der Waals surface area contributed by atoms with Gasteiger partial charge in [-0.25, -0.2) is 4.74 Å². The molecule has 0 saturated heterocycles. The fraction of sp³-hybridized carbons (Fsp3) is 0.156. The van der Waals surface area contributed by atoms with Gasteiger partial charge in [0.25, 0.3) is 17.7 Å². The maximum Gasteiger partial charge on any atom is 0.268 e. The highest BCUT2D eigenvalue weighted by Gasteiger charge is 2.43. The first-order valence-corrected chi connectivity index (χ1v) is 14.5. The molecule has 38 heavy (non-hydrogen) atoms. The van der Waals surface area contributed by atoms with E-state index in [0.717, 1.165) is 20.8 Å². The van der Waals surface area contributed by atoms with Gasteiger partial charge in [0, 0.05) is 15.9 Å². The Bertz CT molecular complexity index is 1390. The highest BCUT2D eigenvalue weighted by Crippen LogP contribution is 2.47. The molecular weight excluding hydrogens is 491 g/mol. The maximum absolute atomic E-state index is 14.4. The second-order valence-corrected chi connectivity index (χ2v) is 12.8. The monoisotopic (exact) mass is 520 g/mol. The molecule has 0 fully saturated rings. The van der Waals surface area contributed by atoms with Crippen molar-refractivity contribution in [1.29, 1.82) is 0 Å². The van der Waals surface area contributed by atoms with Gasteiger partial charge in [0.1, 0.15) is 6.04 Å². The smallest absolute Gasteiger partial charge is 0.268 e. The van der Waals surface area contributed by atoms with Crippen molar-refractivity contribution < 1.29 is 14.4 Å². The number of amides is 3. The quantitative estimate of drug-likeness (QED) is 0.242. The predicted molar refractivity (Wildman–Crippen MR) is 153 cm³/mol. The molecule has 4 aromatic rings. The summed E-state index contributed by atoms with van der Waals surface area (Å²) in [5.74, 6) is -1.29. The van der Waals surface area contributed by atoms with Crippen LogP contribution in [0.4, 0.5) is 0 Å². The fourth-order valence-corrected chi connectivity index (χ4v) is 8.50. The molecule has 1 aliphatic heterocycles. The summed E-state index contributed by atoms with van der Waals surface area (Å²) in [4.78, 5) is 42.4. The molecule has 6 heteroatoms. The number of benzene rings is 4. The van der Waals surface area contributed by atoms with Crippen LogP contribution in [0.25, 0.3) is 0 Å². The second kappa shape index (κ2) is 10.7. The minimum Gasteiger partial charge on any atom is -0.270 e. The van der Waals surface area contributed by atoms with Crippen molar-refractivity contribution >= 4 is 40.7 Å². The van der Waals surface area contributed by atoms with E-state index in [1.165, 1.54) is 0 Å². The topological polar surface area (TPSA) is 66.8 Å². The molecule has 4 aromatic carbocycles. The van der Waals surface area contributed by atoms with Gasteiger partial charge in [-0.3, -0.25) is 19.3 Å². The molecule has 3 amide bonds. The SMILES string of the molecule is CC(C)CC(C(=O)N=P(c1ccccc1)(c1ccccc1)c1ccccc1)N1C(=O)c2ccccc2C1=O. The Morgan fingerprint density at radius 2 is 1.03 bits per heavy atom. The first kappa shape index (κ1) is 25.6. The summed E-state index contributed by atoms with van der Waals surface area (Å²) in [6.45, 7) is 3.96. The number of carbonyl (C=O) groups is 3. The Labute approximate surface area is 223 Å². The Kier molecular flexibility index (Phi) is 7.22. The van der Waals surface area contributed by atoms with Crippen molar-refractivity contribution in [3.05, 3.63) is 126 Å². The maximum atomic E-state index is 14.4. The lowest BCUT2D eigenvalue weighted by atomic mass is 10.0. The van der Waals surface area contributed by atoms with Crippen LogP contribution < -0.4 is 15.9 Å². The Balaban J connectivity index is 1.74. The lowest BCUT2D eigenvalue weighted by Gasteiger charge is -2.29. The van der Waals surface area contributed by atoms with Crippen LogP contribution in [0.2, 0.25) is 0 Å². The zero-order valence-electron chi connectivity index (χ0n) is 21.4. The first-order valence-electron chi connectivity index (χ1n) is 12.7. The van der Waals surface area contributed by atoms with E-state index in [9.17, 15) is 14.4 Å². The molecule has 5 rings (SSSR count). The molecule has 0 aliphatic carbocycles. The average Bonchev–Trinajstić information content (AvgIpc) is 3.21. The van der Waals surface area contributed by atoms with Crippen LogP contribution in [0.3, 0.4) is 0 Å². The van der Waals surface area contributed by atoms with E-state index in [0.29, 0.717) is 17.5 Å². The van der Waals surface area contributed by atoms with E-state index in [4.69, 9.17) is 4.74 Å². The molecule has 0 aromatic heterocycles. The highest BCUT2D eigenvalue weighted by molar-refractivity contribution is 7.87. The highest BCUT2D eigenvalue weighted by atomic mass is 31.2. The van der Waals surface area contributed by atoms with Gasteiger partial charge in [-0.05, 0) is 24.5 Å². The average molecular weight is 521 g/mol. The summed E-state index contributed by atoms with van der Waals surface area (Å²) >= 11 is 0. The second-order valence-electron chi connectivity index (χ2n) is 9.75. The summed E-state index contributed by atoms with van der Waals surface area (Å²) in [5, 5.41) is 2.78. The van der Waals surface area contributed by atoms with Crippen LogP contribution in [0.15, 0.2) is 120 Å². The third kappa shape index (κ3) is 4.55. The molecule has 1 unspecified atom stereocenters. The minimum atomic E-state index is -2.83. The van der Waals surface area contributed by atoms with Crippen LogP contribution in [0, 0.1) is 5.92 Å². The van der Waals surface area contributed by atoms with Crippen LogP contribution in [-0.4, -0.2) is 28.7 Å². The van der Waals surface area contributed by atoms with Crippen molar-refractivity contribution in [2.45, 2.75) is 26.3 Å². The fourth-order valence-electron chi connectivity index (χ4n) is 5.02. The molecule has 0 radical (unpaired) electrons. The third-order valence-corrected chi connectivity index (χ3v) is 10.4. The lowest BCUT2D eigenvalue weighted by Crippen LogP contribution is -2.45. The van der Waals surface area contributed by atoms with Gasteiger partial charge in [0.15, 0.2) is 0 Å². The van der Waals surface area contributed by atoms with E-state index < -0.39 is 30.8 Å². The molecule has 0 saturated carbocycles. The van der Waals surface area contributed by atoms with Gasteiger partial charge >= 0.3 is 0 Å². The van der Waals surface area contributed by atoms with Crippen molar-refractivity contribution in [2.24, 2.45) is 10.7 Å². The van der Waals surface area contributed by atoms with Gasteiger partial charge in [0.2, 0.25) is 0 Å². The van der Waals surface area contributed by atoms with Crippen molar-refractivity contribution in [2.75, 3.05) is 0 Å². The number of hydrogen-bond donors (Lipinski definition) is 0. The summed E-state index contributed by atoms with van der Waals surface area (Å²) in [6.07, 6.45) is 0.326. The van der Waals surface area contributed by atoms with Gasteiger partial charge in [-0.1, -0.05) is 117 Å². The molecule has 0 spiro atoms. The number of fused-ring (bicyclic) bond motifs is 1. The Hall–Kier alpha value is -4.08. The largest absolute Gasteiger partial charge is 0.270 e. The predicted octanol–water partition coefficient (Wildman–Crippen LogP) is 5.40. The third-order valence-electron chi connectivity index (χ3n) is 6.76. The molecule has 1 atom stereocenters. The zero-order valence-corrected chi connectivity index (χ0v) is 22.3. The Morgan fingerprint density at radius 1 is 0.658 bits per heavy atom. The van der Waals surface area contributed by atoms with Crippen molar-refractivity contribution in [1.82, 2.24) is 4.90 Å². The van der Waals surface area contributed by atoms with Crippen LogP contribution in [-0.2, 0) is 4.79 Å². The standard InChI is InChI=1S/C32H29N2O3P/c1-23(2)22-29(34-31(36)27-20-12-13-21-28(27)32(34)37)30(35)33-38(24-14-6-3-7-15-24,25-16-8-4-9-17-25)26-18-10-5-11-19-26/h3-21,23,29H,22H2,1-2H3. The van der Waals surface area contributed by atoms with Gasteiger partial charge in [-0.2, -0.15) is 0 Å². The van der Waals surface area contributed by atoms with E-state index >= 15 is 0 Å². The number of rotatable bonds is 7. The number of carbonyl (C=O) groups excluding carboxylic acids is 3. The molecule has 190 valence electrons. The molecule has 1 heterocycles. The van der Waals surface area contributed by atoms with Crippen LogP contribution >= 0.6 is 7.05 Å². The summed E-state index contributed by atoms with van der Waals surface area (Å²) in [6, 6.07) is 35.3. The zero-order chi connectivity index (χ0) is 26.7. The van der Waals surface area contributed by atoms with Crippen molar-refractivity contribution in [3.63, 3.8) is 0 Å². The summed E-state index contributed by atoms with van der Waals surface area (Å²) in [5.41, 5.74) is 0.656.